The quantitative estimate of drug-likeness (QED) is 0.588. The van der Waals surface area contributed by atoms with Crippen molar-refractivity contribution in [3.05, 3.63) is 22.3 Å². The van der Waals surface area contributed by atoms with Gasteiger partial charge in [-0.3, -0.25) is 0 Å². The van der Waals surface area contributed by atoms with Gasteiger partial charge in [0.1, 0.15) is 0 Å². The Labute approximate surface area is 137 Å². The molecule has 0 aromatic heterocycles. The van der Waals surface area contributed by atoms with Gasteiger partial charge in [-0.2, -0.15) is 0 Å². The first-order chi connectivity index (χ1) is 11.2. The van der Waals surface area contributed by atoms with Crippen molar-refractivity contribution < 1.29 is 19.1 Å². The molecule has 0 heterocycles. The molecule has 3 aliphatic rings. The van der Waals surface area contributed by atoms with E-state index in [-0.39, 0.29) is 17.9 Å². The van der Waals surface area contributed by atoms with Gasteiger partial charge in [0.05, 0.1) is 25.4 Å². The van der Waals surface area contributed by atoms with Crippen molar-refractivity contribution in [1.82, 2.24) is 0 Å². The number of allylic oxidation sites excluding steroid dienone is 2. The molecular formula is C19H26O4. The van der Waals surface area contributed by atoms with Crippen LogP contribution in [0.2, 0.25) is 0 Å². The van der Waals surface area contributed by atoms with Gasteiger partial charge in [-0.25, -0.2) is 9.59 Å². The van der Waals surface area contributed by atoms with E-state index in [2.05, 4.69) is 0 Å². The molecule has 4 heteroatoms. The molecule has 0 N–H and O–H groups in total. The van der Waals surface area contributed by atoms with E-state index in [0.29, 0.717) is 23.5 Å². The first-order valence-corrected chi connectivity index (χ1v) is 8.77. The van der Waals surface area contributed by atoms with Crippen LogP contribution in [0.5, 0.6) is 0 Å². The molecule has 126 valence electrons. The summed E-state index contributed by atoms with van der Waals surface area (Å²) in [4.78, 5) is 24.8. The summed E-state index contributed by atoms with van der Waals surface area (Å²) in [5.74, 6) is -0.187. The molecule has 1 fully saturated rings. The molecule has 0 bridgehead atoms. The van der Waals surface area contributed by atoms with Gasteiger partial charge in [0, 0.05) is 12.3 Å². The number of esters is 2. The van der Waals surface area contributed by atoms with Crippen LogP contribution in [-0.4, -0.2) is 26.2 Å². The van der Waals surface area contributed by atoms with E-state index in [9.17, 15) is 9.59 Å². The fraction of sp³-hybridized carbons (Fsp3) is 0.684. The number of carbonyl (C=O) groups excluding carboxylic acids is 2. The summed E-state index contributed by atoms with van der Waals surface area (Å²) in [6, 6.07) is 0. The van der Waals surface area contributed by atoms with E-state index < -0.39 is 0 Å². The Hall–Kier alpha value is -1.58. The highest BCUT2D eigenvalue weighted by Gasteiger charge is 2.42. The third kappa shape index (κ3) is 2.96. The fourth-order valence-electron chi connectivity index (χ4n) is 4.73. The van der Waals surface area contributed by atoms with Gasteiger partial charge < -0.3 is 9.47 Å². The van der Waals surface area contributed by atoms with Gasteiger partial charge in [0.2, 0.25) is 0 Å². The van der Waals surface area contributed by atoms with E-state index in [4.69, 9.17) is 9.47 Å². The van der Waals surface area contributed by atoms with E-state index >= 15 is 0 Å². The summed E-state index contributed by atoms with van der Waals surface area (Å²) < 4.78 is 10.0. The van der Waals surface area contributed by atoms with Crippen LogP contribution in [-0.2, 0) is 19.1 Å². The zero-order chi connectivity index (χ0) is 16.4. The maximum Gasteiger partial charge on any atom is 0.334 e. The molecule has 0 spiro atoms. The van der Waals surface area contributed by atoms with E-state index in [1.165, 1.54) is 44.6 Å². The van der Waals surface area contributed by atoms with Crippen molar-refractivity contribution in [2.24, 2.45) is 11.8 Å². The molecule has 1 unspecified atom stereocenters. The van der Waals surface area contributed by atoms with Crippen molar-refractivity contribution in [3.63, 3.8) is 0 Å². The molecular weight excluding hydrogens is 292 g/mol. The van der Waals surface area contributed by atoms with Crippen molar-refractivity contribution in [2.75, 3.05) is 14.2 Å². The molecule has 1 saturated carbocycles. The second-order valence-electron chi connectivity index (χ2n) is 6.91. The Morgan fingerprint density at radius 1 is 0.913 bits per heavy atom. The molecule has 23 heavy (non-hydrogen) atoms. The number of carbonyl (C=O) groups is 2. The van der Waals surface area contributed by atoms with Crippen molar-refractivity contribution in [2.45, 2.75) is 57.8 Å². The van der Waals surface area contributed by atoms with Gasteiger partial charge in [0.25, 0.3) is 0 Å². The lowest BCUT2D eigenvalue weighted by atomic mass is 9.68. The van der Waals surface area contributed by atoms with E-state index in [1.807, 2.05) is 0 Å². The van der Waals surface area contributed by atoms with Gasteiger partial charge in [-0.1, -0.05) is 30.4 Å². The number of hydrogen-bond donors (Lipinski definition) is 0. The second kappa shape index (κ2) is 6.90. The highest BCUT2D eigenvalue weighted by molar-refractivity contribution is 6.02. The summed E-state index contributed by atoms with van der Waals surface area (Å²) in [6.45, 7) is 0. The maximum absolute atomic E-state index is 12.5. The molecule has 1 atom stereocenters. The lowest BCUT2D eigenvalue weighted by Crippen LogP contribution is -2.31. The molecule has 3 rings (SSSR count). The Morgan fingerprint density at radius 2 is 1.61 bits per heavy atom. The Balaban J connectivity index is 2.06. The number of hydrogen-bond acceptors (Lipinski definition) is 4. The van der Waals surface area contributed by atoms with Crippen LogP contribution >= 0.6 is 0 Å². The van der Waals surface area contributed by atoms with Crippen LogP contribution in [0, 0.1) is 11.8 Å². The van der Waals surface area contributed by atoms with E-state index in [0.717, 1.165) is 32.1 Å². The zero-order valence-corrected chi connectivity index (χ0v) is 14.2. The van der Waals surface area contributed by atoms with Gasteiger partial charge >= 0.3 is 11.9 Å². The molecule has 0 aromatic carbocycles. The first kappa shape index (κ1) is 16.3. The fourth-order valence-corrected chi connectivity index (χ4v) is 4.73. The van der Waals surface area contributed by atoms with Gasteiger partial charge in [-0.05, 0) is 38.0 Å². The molecule has 4 nitrogen and oxygen atoms in total. The summed E-state index contributed by atoms with van der Waals surface area (Å²) >= 11 is 0. The number of rotatable bonds is 3. The summed E-state index contributed by atoms with van der Waals surface area (Å²) in [6.07, 6.45) is 9.78. The average molecular weight is 318 g/mol. The molecule has 3 aliphatic carbocycles. The molecule has 0 aromatic rings. The predicted octanol–water partition coefficient (Wildman–Crippen LogP) is 3.71. The van der Waals surface area contributed by atoms with Crippen LogP contribution in [0.15, 0.2) is 22.3 Å². The monoisotopic (exact) mass is 318 g/mol. The minimum atomic E-state index is -0.371. The van der Waals surface area contributed by atoms with Crippen LogP contribution < -0.4 is 0 Å². The van der Waals surface area contributed by atoms with Crippen LogP contribution in [0.25, 0.3) is 0 Å². The Bertz CT molecular complexity index is 564. The van der Waals surface area contributed by atoms with Crippen molar-refractivity contribution >= 4 is 11.9 Å². The predicted molar refractivity (Wildman–Crippen MR) is 86.6 cm³/mol. The Kier molecular flexibility index (Phi) is 4.88. The summed E-state index contributed by atoms with van der Waals surface area (Å²) in [5.41, 5.74) is 3.92. The largest absolute Gasteiger partial charge is 0.466 e. The SMILES string of the molecule is COC(=O)C1=C(C(=O)OC)C(C2CCCCC2)C2=C(CCC2)C1. The standard InChI is InChI=1S/C19H26O4/c1-22-18(20)15-11-13-9-6-10-14(13)16(17(15)19(21)23-2)12-7-4-3-5-8-12/h12,16H,3-11H2,1-2H3. The van der Waals surface area contributed by atoms with Crippen molar-refractivity contribution in [1.29, 1.82) is 0 Å². The third-order valence-corrected chi connectivity index (χ3v) is 5.74. The molecule has 0 radical (unpaired) electrons. The lowest BCUT2D eigenvalue weighted by molar-refractivity contribution is -0.140. The zero-order valence-electron chi connectivity index (χ0n) is 14.2. The van der Waals surface area contributed by atoms with E-state index in [1.54, 1.807) is 0 Å². The minimum absolute atomic E-state index is 0.0723. The van der Waals surface area contributed by atoms with Crippen LogP contribution in [0.3, 0.4) is 0 Å². The second-order valence-corrected chi connectivity index (χ2v) is 6.91. The van der Waals surface area contributed by atoms with Crippen LogP contribution in [0.1, 0.15) is 57.8 Å². The minimum Gasteiger partial charge on any atom is -0.466 e. The lowest BCUT2D eigenvalue weighted by Gasteiger charge is -2.36. The topological polar surface area (TPSA) is 52.6 Å². The number of methoxy groups -OCH3 is 2. The third-order valence-electron chi connectivity index (χ3n) is 5.74. The average Bonchev–Trinajstić information content (AvgIpc) is 3.07. The first-order valence-electron chi connectivity index (χ1n) is 8.77. The Morgan fingerprint density at radius 3 is 2.26 bits per heavy atom. The molecule has 0 amide bonds. The molecule has 0 saturated heterocycles. The maximum atomic E-state index is 12.5. The normalized spacial score (nSPS) is 25.4. The van der Waals surface area contributed by atoms with Gasteiger partial charge in [0.15, 0.2) is 0 Å². The summed E-state index contributed by atoms with van der Waals surface area (Å²) in [5, 5.41) is 0. The number of ether oxygens (including phenoxy) is 2. The van der Waals surface area contributed by atoms with Crippen LogP contribution in [0.4, 0.5) is 0 Å². The summed E-state index contributed by atoms with van der Waals surface area (Å²) in [7, 11) is 2.79. The molecule has 0 aliphatic heterocycles. The highest BCUT2D eigenvalue weighted by Crippen LogP contribution is 2.49. The smallest absolute Gasteiger partial charge is 0.334 e. The van der Waals surface area contributed by atoms with Gasteiger partial charge in [-0.15, -0.1) is 0 Å². The highest BCUT2D eigenvalue weighted by atomic mass is 16.5. The van der Waals surface area contributed by atoms with Crippen molar-refractivity contribution in [3.8, 4) is 0 Å².